The van der Waals surface area contributed by atoms with E-state index in [4.69, 9.17) is 9.15 Å². The standard InChI is InChI=1S/C20H26F2N2O3/c1-14-5-7-17(26-14)16(24-9-3-4-10-24)13-23-12-15-6-8-18(27-20(21)22)19(11-15)25-2/h5-8,11,16,20,23H,3-4,9-10,12-13H2,1-2H3. The van der Waals surface area contributed by atoms with Gasteiger partial charge in [0.2, 0.25) is 0 Å². The number of ether oxygens (including phenoxy) is 2. The number of methoxy groups -OCH3 is 1. The summed E-state index contributed by atoms with van der Waals surface area (Å²) in [6.45, 7) is 2.55. The quantitative estimate of drug-likeness (QED) is 0.709. The summed E-state index contributed by atoms with van der Waals surface area (Å²) < 4.78 is 40.4. The van der Waals surface area contributed by atoms with Crippen LogP contribution in [0.3, 0.4) is 0 Å². The molecule has 7 heteroatoms. The number of halogens is 2. The summed E-state index contributed by atoms with van der Waals surface area (Å²) in [7, 11) is 1.44. The number of alkyl halides is 2. The highest BCUT2D eigenvalue weighted by Crippen LogP contribution is 2.30. The summed E-state index contributed by atoms with van der Waals surface area (Å²) in [6.07, 6.45) is 2.41. The fourth-order valence-corrected chi connectivity index (χ4v) is 3.46. The van der Waals surface area contributed by atoms with E-state index < -0.39 is 6.61 Å². The van der Waals surface area contributed by atoms with Crippen molar-refractivity contribution in [3.05, 3.63) is 47.4 Å². The highest BCUT2D eigenvalue weighted by molar-refractivity contribution is 5.43. The van der Waals surface area contributed by atoms with E-state index in [1.54, 1.807) is 12.1 Å². The number of nitrogens with zero attached hydrogens (tertiary/aromatic N) is 1. The second-order valence-electron chi connectivity index (χ2n) is 6.70. The van der Waals surface area contributed by atoms with Gasteiger partial charge in [0.15, 0.2) is 11.5 Å². The second-order valence-corrected chi connectivity index (χ2v) is 6.70. The molecule has 0 amide bonds. The van der Waals surface area contributed by atoms with Crippen LogP contribution < -0.4 is 14.8 Å². The predicted octanol–water partition coefficient (Wildman–Crippen LogP) is 4.12. The molecule has 1 aliphatic rings. The largest absolute Gasteiger partial charge is 0.493 e. The first kappa shape index (κ1) is 19.6. The summed E-state index contributed by atoms with van der Waals surface area (Å²) in [5, 5.41) is 3.45. The lowest BCUT2D eigenvalue weighted by Gasteiger charge is -2.26. The summed E-state index contributed by atoms with van der Waals surface area (Å²) in [5.74, 6) is 2.22. The van der Waals surface area contributed by atoms with Crippen molar-refractivity contribution < 1.29 is 22.7 Å². The molecule has 1 aliphatic heterocycles. The van der Waals surface area contributed by atoms with E-state index >= 15 is 0 Å². The Morgan fingerprint density at radius 1 is 1.15 bits per heavy atom. The average Bonchev–Trinajstić information content (AvgIpc) is 3.31. The highest BCUT2D eigenvalue weighted by Gasteiger charge is 2.25. The van der Waals surface area contributed by atoms with Crippen LogP contribution in [0.25, 0.3) is 0 Å². The first-order valence-electron chi connectivity index (χ1n) is 9.19. The third-order valence-electron chi connectivity index (χ3n) is 4.78. The molecule has 1 saturated heterocycles. The first-order chi connectivity index (χ1) is 13.1. The van der Waals surface area contributed by atoms with Gasteiger partial charge in [0.25, 0.3) is 0 Å². The summed E-state index contributed by atoms with van der Waals surface area (Å²) >= 11 is 0. The Morgan fingerprint density at radius 2 is 1.93 bits per heavy atom. The molecule has 3 rings (SSSR count). The summed E-state index contributed by atoms with van der Waals surface area (Å²) in [6, 6.07) is 9.20. The normalized spacial score (nSPS) is 16.0. The van der Waals surface area contributed by atoms with Crippen molar-refractivity contribution in [2.24, 2.45) is 0 Å². The van der Waals surface area contributed by atoms with Crippen LogP contribution in [0.1, 0.15) is 36.0 Å². The van der Waals surface area contributed by atoms with E-state index in [1.165, 1.54) is 26.0 Å². The molecule has 0 spiro atoms. The number of benzene rings is 1. The van der Waals surface area contributed by atoms with Crippen molar-refractivity contribution in [1.82, 2.24) is 10.2 Å². The van der Waals surface area contributed by atoms with Crippen LogP contribution in [0.2, 0.25) is 0 Å². The number of hydrogen-bond acceptors (Lipinski definition) is 5. The monoisotopic (exact) mass is 380 g/mol. The van der Waals surface area contributed by atoms with Gasteiger partial charge < -0.3 is 19.2 Å². The zero-order valence-electron chi connectivity index (χ0n) is 15.7. The van der Waals surface area contributed by atoms with Crippen LogP contribution in [0, 0.1) is 6.92 Å². The molecule has 0 aliphatic carbocycles. The Kier molecular flexibility index (Phi) is 6.68. The van der Waals surface area contributed by atoms with Gasteiger partial charge in [-0.1, -0.05) is 6.07 Å². The fourth-order valence-electron chi connectivity index (χ4n) is 3.46. The molecule has 27 heavy (non-hydrogen) atoms. The third kappa shape index (κ3) is 5.20. The average molecular weight is 380 g/mol. The van der Waals surface area contributed by atoms with Crippen molar-refractivity contribution >= 4 is 0 Å². The lowest BCUT2D eigenvalue weighted by atomic mass is 10.1. The molecule has 2 heterocycles. The third-order valence-corrected chi connectivity index (χ3v) is 4.78. The van der Waals surface area contributed by atoms with Crippen LogP contribution in [0.15, 0.2) is 34.7 Å². The lowest BCUT2D eigenvalue weighted by molar-refractivity contribution is -0.0512. The predicted molar refractivity (Wildman–Crippen MR) is 98.3 cm³/mol. The van der Waals surface area contributed by atoms with Crippen LogP contribution in [0.4, 0.5) is 8.78 Å². The van der Waals surface area contributed by atoms with E-state index in [0.717, 1.165) is 36.7 Å². The Labute approximate surface area is 158 Å². The smallest absolute Gasteiger partial charge is 0.387 e. The van der Waals surface area contributed by atoms with Crippen molar-refractivity contribution in [1.29, 1.82) is 0 Å². The Bertz CT molecular complexity index is 730. The van der Waals surface area contributed by atoms with Gasteiger partial charge in [0, 0.05) is 13.1 Å². The van der Waals surface area contributed by atoms with E-state index in [1.807, 2.05) is 19.1 Å². The van der Waals surface area contributed by atoms with Crippen molar-refractivity contribution in [3.8, 4) is 11.5 Å². The first-order valence-corrected chi connectivity index (χ1v) is 9.19. The van der Waals surface area contributed by atoms with Gasteiger partial charge in [-0.05, 0) is 62.7 Å². The van der Waals surface area contributed by atoms with E-state index in [-0.39, 0.29) is 11.8 Å². The highest BCUT2D eigenvalue weighted by atomic mass is 19.3. The van der Waals surface area contributed by atoms with E-state index in [9.17, 15) is 8.78 Å². The molecule has 148 valence electrons. The Hall–Kier alpha value is -2.12. The van der Waals surface area contributed by atoms with Gasteiger partial charge >= 0.3 is 6.61 Å². The molecule has 1 fully saturated rings. The number of likely N-dealkylation sites (tertiary alicyclic amines) is 1. The summed E-state index contributed by atoms with van der Waals surface area (Å²) in [5.41, 5.74) is 0.935. The second kappa shape index (κ2) is 9.19. The van der Waals surface area contributed by atoms with Crippen molar-refractivity contribution in [2.75, 3.05) is 26.7 Å². The fraction of sp³-hybridized carbons (Fsp3) is 0.500. The maximum absolute atomic E-state index is 12.4. The van der Waals surface area contributed by atoms with Crippen LogP contribution in [0.5, 0.6) is 11.5 Å². The van der Waals surface area contributed by atoms with Gasteiger partial charge in [-0.2, -0.15) is 8.78 Å². The molecular formula is C20H26F2N2O3. The topological polar surface area (TPSA) is 46.9 Å². The van der Waals surface area contributed by atoms with Gasteiger partial charge in [-0.15, -0.1) is 0 Å². The van der Waals surface area contributed by atoms with E-state index in [0.29, 0.717) is 12.3 Å². The molecular weight excluding hydrogens is 354 g/mol. The Balaban J connectivity index is 1.62. The lowest BCUT2D eigenvalue weighted by Crippen LogP contribution is -2.33. The molecule has 5 nitrogen and oxygen atoms in total. The number of furan rings is 1. The molecule has 1 N–H and O–H groups in total. The van der Waals surface area contributed by atoms with Crippen molar-refractivity contribution in [3.63, 3.8) is 0 Å². The van der Waals surface area contributed by atoms with Crippen molar-refractivity contribution in [2.45, 2.75) is 39.0 Å². The minimum Gasteiger partial charge on any atom is -0.493 e. The van der Waals surface area contributed by atoms with Gasteiger partial charge in [-0.3, -0.25) is 4.90 Å². The maximum Gasteiger partial charge on any atom is 0.387 e. The SMILES string of the molecule is COc1cc(CNCC(c2ccc(C)o2)N2CCCC2)ccc1OC(F)F. The molecule has 2 aromatic rings. The van der Waals surface area contributed by atoms with Gasteiger partial charge in [0.05, 0.1) is 13.2 Å². The molecule has 1 aromatic heterocycles. The number of nitrogens with one attached hydrogen (secondary N) is 1. The summed E-state index contributed by atoms with van der Waals surface area (Å²) in [4.78, 5) is 2.44. The van der Waals surface area contributed by atoms with Gasteiger partial charge in [-0.25, -0.2) is 0 Å². The molecule has 0 bridgehead atoms. The van der Waals surface area contributed by atoms with Crippen LogP contribution in [-0.4, -0.2) is 38.3 Å². The molecule has 0 saturated carbocycles. The maximum atomic E-state index is 12.4. The zero-order chi connectivity index (χ0) is 19.2. The molecule has 1 unspecified atom stereocenters. The molecule has 1 aromatic carbocycles. The zero-order valence-corrected chi connectivity index (χ0v) is 15.7. The van der Waals surface area contributed by atoms with Gasteiger partial charge in [0.1, 0.15) is 11.5 Å². The number of hydrogen-bond donors (Lipinski definition) is 1. The number of rotatable bonds is 9. The van der Waals surface area contributed by atoms with Crippen LogP contribution in [-0.2, 0) is 6.54 Å². The minimum atomic E-state index is -2.87. The Morgan fingerprint density at radius 3 is 2.56 bits per heavy atom. The van der Waals surface area contributed by atoms with Crippen LogP contribution >= 0.6 is 0 Å². The molecule has 1 atom stereocenters. The van der Waals surface area contributed by atoms with E-state index in [2.05, 4.69) is 15.0 Å². The minimum absolute atomic E-state index is 0.0391. The molecule has 0 radical (unpaired) electrons. The number of aryl methyl sites for hydroxylation is 1.